The lowest BCUT2D eigenvalue weighted by Crippen LogP contribution is -2.34. The van der Waals surface area contributed by atoms with Gasteiger partial charge in [0, 0.05) is 18.7 Å². The molecule has 1 aromatic heterocycles. The van der Waals surface area contributed by atoms with Crippen molar-refractivity contribution in [1.82, 2.24) is 15.1 Å². The molecule has 5 heteroatoms. The monoisotopic (exact) mass is 367 g/mol. The highest BCUT2D eigenvalue weighted by Gasteiger charge is 2.17. The maximum atomic E-state index is 12.6. The Kier molecular flexibility index (Phi) is 5.74. The summed E-state index contributed by atoms with van der Waals surface area (Å²) in [4.78, 5) is 12.6. The van der Waals surface area contributed by atoms with Gasteiger partial charge in [0.1, 0.15) is 5.69 Å². The van der Waals surface area contributed by atoms with Crippen molar-refractivity contribution in [3.05, 3.63) is 76.9 Å². The Labute approximate surface area is 158 Å². The van der Waals surface area contributed by atoms with Gasteiger partial charge in [-0.1, -0.05) is 60.1 Å². The van der Waals surface area contributed by atoms with Crippen molar-refractivity contribution in [2.24, 2.45) is 7.05 Å². The quantitative estimate of drug-likeness (QED) is 0.697. The van der Waals surface area contributed by atoms with Crippen molar-refractivity contribution in [2.45, 2.75) is 25.8 Å². The molecule has 3 rings (SSSR count). The number of carbonyl (C=O) groups excluding carboxylic acids is 1. The average molecular weight is 368 g/mol. The molecule has 0 saturated carbocycles. The van der Waals surface area contributed by atoms with Crippen molar-refractivity contribution >= 4 is 17.5 Å². The molecule has 0 saturated heterocycles. The SMILES string of the molecule is CC(CCc1ccccc1)NC(=O)c1cc(-c2ccccc2Cl)nn1C. The van der Waals surface area contributed by atoms with Gasteiger partial charge in [0.05, 0.1) is 10.7 Å². The third-order valence-electron chi connectivity index (χ3n) is 4.35. The molecule has 1 N–H and O–H groups in total. The molecule has 1 atom stereocenters. The first-order chi connectivity index (χ1) is 12.5. The van der Waals surface area contributed by atoms with Gasteiger partial charge in [0.25, 0.3) is 5.91 Å². The van der Waals surface area contributed by atoms with Crippen molar-refractivity contribution in [2.75, 3.05) is 0 Å². The van der Waals surface area contributed by atoms with Crippen LogP contribution in [0.2, 0.25) is 5.02 Å². The standard InChI is InChI=1S/C21H22ClN3O/c1-15(12-13-16-8-4-3-5-9-16)23-21(26)20-14-19(24-25(20)2)17-10-6-7-11-18(17)22/h3-11,14-15H,12-13H2,1-2H3,(H,23,26). The van der Waals surface area contributed by atoms with E-state index in [1.807, 2.05) is 49.4 Å². The van der Waals surface area contributed by atoms with Gasteiger partial charge in [-0.15, -0.1) is 0 Å². The molecule has 1 amide bonds. The van der Waals surface area contributed by atoms with Crippen LogP contribution in [-0.2, 0) is 13.5 Å². The summed E-state index contributed by atoms with van der Waals surface area (Å²) in [6.07, 6.45) is 1.81. The molecule has 4 nitrogen and oxygen atoms in total. The fraction of sp³-hybridized carbons (Fsp3) is 0.238. The highest BCUT2D eigenvalue weighted by Crippen LogP contribution is 2.26. The number of halogens is 1. The van der Waals surface area contributed by atoms with Gasteiger partial charge in [0.2, 0.25) is 0 Å². The Hall–Kier alpha value is -2.59. The minimum atomic E-state index is -0.126. The molecule has 134 valence electrons. The molecular weight excluding hydrogens is 346 g/mol. The normalized spacial score (nSPS) is 12.0. The minimum Gasteiger partial charge on any atom is -0.348 e. The van der Waals surface area contributed by atoms with Crippen LogP contribution < -0.4 is 5.32 Å². The molecule has 3 aromatic rings. The molecule has 0 fully saturated rings. The lowest BCUT2D eigenvalue weighted by atomic mass is 10.1. The first-order valence-corrected chi connectivity index (χ1v) is 9.06. The predicted octanol–water partition coefficient (Wildman–Crippen LogP) is 4.49. The van der Waals surface area contributed by atoms with Gasteiger partial charge in [0.15, 0.2) is 0 Å². The van der Waals surface area contributed by atoms with Crippen LogP contribution in [0.4, 0.5) is 0 Å². The molecule has 0 spiro atoms. The molecule has 0 aliphatic carbocycles. The van der Waals surface area contributed by atoms with Crippen molar-refractivity contribution in [1.29, 1.82) is 0 Å². The zero-order valence-electron chi connectivity index (χ0n) is 14.9. The number of amides is 1. The third-order valence-corrected chi connectivity index (χ3v) is 4.68. The molecule has 0 radical (unpaired) electrons. The molecule has 1 unspecified atom stereocenters. The summed E-state index contributed by atoms with van der Waals surface area (Å²) in [5.74, 6) is -0.126. The van der Waals surface area contributed by atoms with Gasteiger partial charge < -0.3 is 5.32 Å². The zero-order valence-corrected chi connectivity index (χ0v) is 15.7. The number of aryl methyl sites for hydroxylation is 2. The average Bonchev–Trinajstić information content (AvgIpc) is 3.03. The van der Waals surface area contributed by atoms with Gasteiger partial charge >= 0.3 is 0 Å². The molecule has 0 aliphatic rings. The van der Waals surface area contributed by atoms with Crippen molar-refractivity contribution in [3.8, 4) is 11.3 Å². The number of nitrogens with zero attached hydrogens (tertiary/aromatic N) is 2. The number of rotatable bonds is 6. The Morgan fingerprint density at radius 3 is 2.58 bits per heavy atom. The highest BCUT2D eigenvalue weighted by atomic mass is 35.5. The van der Waals surface area contributed by atoms with Gasteiger partial charge in [-0.2, -0.15) is 5.10 Å². The summed E-state index contributed by atoms with van der Waals surface area (Å²) in [6, 6.07) is 19.6. The Bertz CT molecular complexity index is 889. The van der Waals surface area contributed by atoms with E-state index in [1.165, 1.54) is 5.56 Å². The Balaban J connectivity index is 1.65. The summed E-state index contributed by atoms with van der Waals surface area (Å²) in [5.41, 5.74) is 3.31. The van der Waals surface area contributed by atoms with Crippen molar-refractivity contribution < 1.29 is 4.79 Å². The first kappa shape index (κ1) is 18.2. The Morgan fingerprint density at radius 2 is 1.85 bits per heavy atom. The van der Waals surface area contributed by atoms with E-state index in [0.717, 1.165) is 18.4 Å². The molecule has 0 bridgehead atoms. The van der Waals surface area contributed by atoms with Crippen LogP contribution in [0.3, 0.4) is 0 Å². The van der Waals surface area contributed by atoms with E-state index in [0.29, 0.717) is 16.4 Å². The summed E-state index contributed by atoms with van der Waals surface area (Å²) >= 11 is 6.23. The smallest absolute Gasteiger partial charge is 0.269 e. The fourth-order valence-corrected chi connectivity index (χ4v) is 3.11. The molecule has 1 heterocycles. The largest absolute Gasteiger partial charge is 0.348 e. The number of benzene rings is 2. The summed E-state index contributed by atoms with van der Waals surface area (Å²) in [7, 11) is 1.77. The van der Waals surface area contributed by atoms with Crippen LogP contribution in [0.15, 0.2) is 60.7 Å². The van der Waals surface area contributed by atoms with Gasteiger partial charge in [-0.05, 0) is 37.5 Å². The second-order valence-electron chi connectivity index (χ2n) is 6.42. The maximum absolute atomic E-state index is 12.6. The van der Waals surface area contributed by atoms with E-state index in [2.05, 4.69) is 22.5 Å². The highest BCUT2D eigenvalue weighted by molar-refractivity contribution is 6.33. The van der Waals surface area contributed by atoms with Crippen LogP contribution in [-0.4, -0.2) is 21.7 Å². The second-order valence-corrected chi connectivity index (χ2v) is 6.82. The summed E-state index contributed by atoms with van der Waals surface area (Å²) in [6.45, 7) is 2.02. The second kappa shape index (κ2) is 8.19. The number of aromatic nitrogens is 2. The van der Waals surface area contributed by atoms with Crippen LogP contribution in [0, 0.1) is 0 Å². The lowest BCUT2D eigenvalue weighted by Gasteiger charge is -2.13. The van der Waals surface area contributed by atoms with Crippen molar-refractivity contribution in [3.63, 3.8) is 0 Å². The Morgan fingerprint density at radius 1 is 1.15 bits per heavy atom. The van der Waals surface area contributed by atoms with E-state index >= 15 is 0 Å². The predicted molar refractivity (Wildman–Crippen MR) is 105 cm³/mol. The van der Waals surface area contributed by atoms with E-state index in [-0.39, 0.29) is 11.9 Å². The molecule has 26 heavy (non-hydrogen) atoms. The maximum Gasteiger partial charge on any atom is 0.269 e. The fourth-order valence-electron chi connectivity index (χ4n) is 2.88. The topological polar surface area (TPSA) is 46.9 Å². The van der Waals surface area contributed by atoms with E-state index < -0.39 is 0 Å². The number of carbonyl (C=O) groups is 1. The zero-order chi connectivity index (χ0) is 18.5. The molecule has 0 aliphatic heterocycles. The number of hydrogen-bond acceptors (Lipinski definition) is 2. The molecule has 2 aromatic carbocycles. The molecular formula is C21H22ClN3O. The minimum absolute atomic E-state index is 0.0707. The van der Waals surface area contributed by atoms with Gasteiger partial charge in [-0.25, -0.2) is 0 Å². The van der Waals surface area contributed by atoms with E-state index in [4.69, 9.17) is 11.6 Å². The third kappa shape index (κ3) is 4.33. The summed E-state index contributed by atoms with van der Waals surface area (Å²) in [5, 5.41) is 8.11. The van der Waals surface area contributed by atoms with Crippen LogP contribution >= 0.6 is 11.6 Å². The van der Waals surface area contributed by atoms with Crippen LogP contribution in [0.1, 0.15) is 29.4 Å². The number of nitrogens with one attached hydrogen (secondary N) is 1. The first-order valence-electron chi connectivity index (χ1n) is 8.68. The van der Waals surface area contributed by atoms with E-state index in [9.17, 15) is 4.79 Å². The van der Waals surface area contributed by atoms with Crippen LogP contribution in [0.25, 0.3) is 11.3 Å². The number of hydrogen-bond donors (Lipinski definition) is 1. The van der Waals surface area contributed by atoms with Crippen LogP contribution in [0.5, 0.6) is 0 Å². The van der Waals surface area contributed by atoms with Gasteiger partial charge in [-0.3, -0.25) is 9.48 Å². The van der Waals surface area contributed by atoms with E-state index in [1.54, 1.807) is 17.8 Å². The summed E-state index contributed by atoms with van der Waals surface area (Å²) < 4.78 is 1.60. The lowest BCUT2D eigenvalue weighted by molar-refractivity contribution is 0.0929.